The Labute approximate surface area is 143 Å². The first-order valence-electron chi connectivity index (χ1n) is 8.64. The molecule has 0 aromatic heterocycles. The van der Waals surface area contributed by atoms with E-state index >= 15 is 0 Å². The van der Waals surface area contributed by atoms with E-state index in [1.54, 1.807) is 0 Å². The van der Waals surface area contributed by atoms with Crippen LogP contribution in [0.2, 0.25) is 0 Å². The molecule has 1 saturated heterocycles. The molecule has 1 aliphatic rings. The SMILES string of the molecule is CC1CCCCN1Cc1ccccc1CNC(=O)CNC(=O)CN. The van der Waals surface area contributed by atoms with Crippen LogP contribution < -0.4 is 16.4 Å². The van der Waals surface area contributed by atoms with E-state index in [2.05, 4.69) is 28.5 Å². The number of nitrogens with zero attached hydrogens (tertiary/aromatic N) is 1. The lowest BCUT2D eigenvalue weighted by Gasteiger charge is -2.33. The summed E-state index contributed by atoms with van der Waals surface area (Å²) in [5.74, 6) is -0.539. The molecule has 0 radical (unpaired) electrons. The van der Waals surface area contributed by atoms with Gasteiger partial charge in [-0.2, -0.15) is 0 Å². The van der Waals surface area contributed by atoms with Gasteiger partial charge in [0.15, 0.2) is 0 Å². The predicted molar refractivity (Wildman–Crippen MR) is 94.1 cm³/mol. The van der Waals surface area contributed by atoms with E-state index in [0.717, 1.165) is 18.7 Å². The van der Waals surface area contributed by atoms with Gasteiger partial charge in [-0.3, -0.25) is 14.5 Å². The van der Waals surface area contributed by atoms with Gasteiger partial charge in [0.05, 0.1) is 13.1 Å². The largest absolute Gasteiger partial charge is 0.350 e. The van der Waals surface area contributed by atoms with Crippen LogP contribution in [0.15, 0.2) is 24.3 Å². The van der Waals surface area contributed by atoms with Crippen LogP contribution in [-0.4, -0.2) is 42.4 Å². The Morgan fingerprint density at radius 3 is 2.62 bits per heavy atom. The van der Waals surface area contributed by atoms with Gasteiger partial charge in [-0.1, -0.05) is 30.7 Å². The number of nitrogens with one attached hydrogen (secondary N) is 2. The first-order valence-corrected chi connectivity index (χ1v) is 8.64. The summed E-state index contributed by atoms with van der Waals surface area (Å²) in [6, 6.07) is 8.80. The molecular formula is C18H28N4O2. The highest BCUT2D eigenvalue weighted by Gasteiger charge is 2.19. The molecule has 6 nitrogen and oxygen atoms in total. The van der Waals surface area contributed by atoms with E-state index in [4.69, 9.17) is 5.73 Å². The highest BCUT2D eigenvalue weighted by Crippen LogP contribution is 2.20. The Balaban J connectivity index is 1.89. The third-order valence-electron chi connectivity index (χ3n) is 4.54. The second-order valence-electron chi connectivity index (χ2n) is 6.34. The average Bonchev–Trinajstić information content (AvgIpc) is 2.60. The normalized spacial score (nSPS) is 18.2. The molecule has 1 aromatic carbocycles. The molecule has 0 bridgehead atoms. The van der Waals surface area contributed by atoms with E-state index in [1.807, 2.05) is 18.2 Å². The van der Waals surface area contributed by atoms with Gasteiger partial charge in [0.25, 0.3) is 0 Å². The first kappa shape index (κ1) is 18.4. The van der Waals surface area contributed by atoms with E-state index < -0.39 is 0 Å². The Hall–Kier alpha value is -1.92. The molecule has 1 aromatic rings. The predicted octanol–water partition coefficient (Wildman–Crippen LogP) is 0.752. The molecule has 1 unspecified atom stereocenters. The molecule has 2 rings (SSSR count). The van der Waals surface area contributed by atoms with Gasteiger partial charge in [-0.15, -0.1) is 0 Å². The van der Waals surface area contributed by atoms with Gasteiger partial charge < -0.3 is 16.4 Å². The van der Waals surface area contributed by atoms with Crippen molar-refractivity contribution in [2.45, 2.75) is 45.3 Å². The van der Waals surface area contributed by atoms with Crippen LogP contribution in [0.4, 0.5) is 0 Å². The lowest BCUT2D eigenvalue weighted by molar-refractivity contribution is -0.125. The minimum absolute atomic E-state index is 0.0403. The van der Waals surface area contributed by atoms with Gasteiger partial charge >= 0.3 is 0 Å². The zero-order valence-electron chi connectivity index (χ0n) is 14.4. The zero-order valence-corrected chi connectivity index (χ0v) is 14.4. The molecule has 24 heavy (non-hydrogen) atoms. The Bertz CT molecular complexity index is 562. The molecule has 6 heteroatoms. The summed E-state index contributed by atoms with van der Waals surface area (Å²) in [6.45, 7) is 4.65. The van der Waals surface area contributed by atoms with Crippen molar-refractivity contribution in [2.24, 2.45) is 5.73 Å². The van der Waals surface area contributed by atoms with Gasteiger partial charge in [-0.25, -0.2) is 0 Å². The fourth-order valence-electron chi connectivity index (χ4n) is 3.00. The smallest absolute Gasteiger partial charge is 0.239 e. The van der Waals surface area contributed by atoms with Crippen molar-refractivity contribution in [3.8, 4) is 0 Å². The van der Waals surface area contributed by atoms with Crippen LogP contribution >= 0.6 is 0 Å². The molecular weight excluding hydrogens is 304 g/mol. The maximum Gasteiger partial charge on any atom is 0.239 e. The van der Waals surface area contributed by atoms with Crippen LogP contribution in [-0.2, 0) is 22.7 Å². The number of hydrogen-bond donors (Lipinski definition) is 3. The Kier molecular flexibility index (Phi) is 7.21. The van der Waals surface area contributed by atoms with Crippen molar-refractivity contribution in [2.75, 3.05) is 19.6 Å². The fourth-order valence-corrected chi connectivity index (χ4v) is 3.00. The maximum absolute atomic E-state index is 11.8. The standard InChI is InChI=1S/C18H28N4O2/c1-14-6-4-5-9-22(14)13-16-8-3-2-7-15(16)11-20-18(24)12-21-17(23)10-19/h2-3,7-8,14H,4-6,9-13,19H2,1H3,(H,20,24)(H,21,23). The molecule has 4 N–H and O–H groups in total. The van der Waals surface area contributed by atoms with Crippen molar-refractivity contribution in [1.29, 1.82) is 0 Å². The highest BCUT2D eigenvalue weighted by atomic mass is 16.2. The number of carbonyl (C=O) groups excluding carboxylic acids is 2. The highest BCUT2D eigenvalue weighted by molar-refractivity contribution is 5.85. The molecule has 2 amide bonds. The fraction of sp³-hybridized carbons (Fsp3) is 0.556. The van der Waals surface area contributed by atoms with Gasteiger partial charge in [0.1, 0.15) is 0 Å². The molecule has 0 saturated carbocycles. The summed E-state index contributed by atoms with van der Waals surface area (Å²) >= 11 is 0. The second-order valence-corrected chi connectivity index (χ2v) is 6.34. The number of piperidine rings is 1. The van der Waals surface area contributed by atoms with Crippen LogP contribution in [0.5, 0.6) is 0 Å². The van der Waals surface area contributed by atoms with Crippen molar-refractivity contribution in [3.63, 3.8) is 0 Å². The second kappa shape index (κ2) is 9.39. The van der Waals surface area contributed by atoms with E-state index in [-0.39, 0.29) is 24.9 Å². The number of carbonyl (C=O) groups is 2. The summed E-state index contributed by atoms with van der Waals surface area (Å²) in [5.41, 5.74) is 7.56. The number of rotatable bonds is 7. The molecule has 1 atom stereocenters. The Morgan fingerprint density at radius 2 is 1.92 bits per heavy atom. The average molecular weight is 332 g/mol. The molecule has 1 heterocycles. The quantitative estimate of drug-likeness (QED) is 0.688. The summed E-state index contributed by atoms with van der Waals surface area (Å²) in [6.07, 6.45) is 3.81. The molecule has 1 aliphatic heterocycles. The monoisotopic (exact) mass is 332 g/mol. The molecule has 132 valence electrons. The number of benzene rings is 1. The number of amides is 2. The summed E-state index contributed by atoms with van der Waals surface area (Å²) in [5, 5.41) is 5.32. The maximum atomic E-state index is 11.8. The summed E-state index contributed by atoms with van der Waals surface area (Å²) in [7, 11) is 0. The minimum Gasteiger partial charge on any atom is -0.350 e. The van der Waals surface area contributed by atoms with Crippen LogP contribution in [0.3, 0.4) is 0 Å². The van der Waals surface area contributed by atoms with Crippen LogP contribution in [0.25, 0.3) is 0 Å². The minimum atomic E-state index is -0.329. The van der Waals surface area contributed by atoms with Gasteiger partial charge in [-0.05, 0) is 37.4 Å². The number of nitrogens with two attached hydrogens (primary N) is 1. The van der Waals surface area contributed by atoms with Crippen molar-refractivity contribution in [1.82, 2.24) is 15.5 Å². The number of hydrogen-bond acceptors (Lipinski definition) is 4. The van der Waals surface area contributed by atoms with Crippen LogP contribution in [0, 0.1) is 0 Å². The molecule has 0 spiro atoms. The van der Waals surface area contributed by atoms with E-state index in [0.29, 0.717) is 12.6 Å². The van der Waals surface area contributed by atoms with E-state index in [1.165, 1.54) is 24.8 Å². The zero-order chi connectivity index (χ0) is 17.4. The van der Waals surface area contributed by atoms with Crippen molar-refractivity contribution >= 4 is 11.8 Å². The third kappa shape index (κ3) is 5.62. The summed E-state index contributed by atoms with van der Waals surface area (Å²) in [4.78, 5) is 25.4. The topological polar surface area (TPSA) is 87.5 Å². The third-order valence-corrected chi connectivity index (χ3v) is 4.54. The van der Waals surface area contributed by atoms with Crippen molar-refractivity contribution in [3.05, 3.63) is 35.4 Å². The number of likely N-dealkylation sites (tertiary alicyclic amines) is 1. The molecule has 0 aliphatic carbocycles. The first-order chi connectivity index (χ1) is 11.6. The lowest BCUT2D eigenvalue weighted by Crippen LogP contribution is -2.39. The van der Waals surface area contributed by atoms with Gasteiger partial charge in [0.2, 0.25) is 11.8 Å². The summed E-state index contributed by atoms with van der Waals surface area (Å²) < 4.78 is 0. The van der Waals surface area contributed by atoms with Crippen molar-refractivity contribution < 1.29 is 9.59 Å². The Morgan fingerprint density at radius 1 is 1.17 bits per heavy atom. The lowest BCUT2D eigenvalue weighted by atomic mass is 10.0. The molecule has 1 fully saturated rings. The van der Waals surface area contributed by atoms with Gasteiger partial charge in [0, 0.05) is 19.1 Å². The van der Waals surface area contributed by atoms with Crippen LogP contribution in [0.1, 0.15) is 37.3 Å². The van der Waals surface area contributed by atoms with E-state index in [9.17, 15) is 9.59 Å².